The van der Waals surface area contributed by atoms with Crippen molar-refractivity contribution in [2.75, 3.05) is 7.11 Å². The fraction of sp³-hybridized carbons (Fsp3) is 0.0455. The lowest BCUT2D eigenvalue weighted by Gasteiger charge is -2.11. The van der Waals surface area contributed by atoms with Crippen LogP contribution in [0.15, 0.2) is 60.7 Å². The van der Waals surface area contributed by atoms with Gasteiger partial charge in [-0.3, -0.25) is 24.8 Å². The number of nitrogens with zero attached hydrogens (tertiary/aromatic N) is 6. The van der Waals surface area contributed by atoms with Gasteiger partial charge in [0.05, 0.1) is 44.8 Å². The highest BCUT2D eigenvalue weighted by Gasteiger charge is 2.23. The smallest absolute Gasteiger partial charge is 0.277 e. The second-order valence-electron chi connectivity index (χ2n) is 7.20. The molecule has 2 heterocycles. The molecule has 34 heavy (non-hydrogen) atoms. The van der Waals surface area contributed by atoms with Crippen LogP contribution >= 0.6 is 11.6 Å². The zero-order valence-electron chi connectivity index (χ0n) is 17.4. The number of aromatic nitrogens is 4. The van der Waals surface area contributed by atoms with E-state index < -0.39 is 21.2 Å². The molecule has 0 atom stereocenters. The highest BCUT2D eigenvalue weighted by atomic mass is 35.5. The second kappa shape index (κ2) is 8.05. The van der Waals surface area contributed by atoms with Gasteiger partial charge in [0.15, 0.2) is 11.3 Å². The SMILES string of the molecule is COc1ccc(-n2c(-c3cc([N+](=O)[O-])cc([N+](=O)[O-])c3)nc3nc4ccccc4nc32)cc1Cl. The van der Waals surface area contributed by atoms with E-state index in [4.69, 9.17) is 16.3 Å². The first-order chi connectivity index (χ1) is 16.4. The van der Waals surface area contributed by atoms with Gasteiger partial charge in [-0.25, -0.2) is 15.0 Å². The molecule has 0 saturated heterocycles. The van der Waals surface area contributed by atoms with Crippen molar-refractivity contribution in [1.29, 1.82) is 0 Å². The minimum absolute atomic E-state index is 0.150. The molecule has 0 amide bonds. The van der Waals surface area contributed by atoms with Crippen molar-refractivity contribution in [2.45, 2.75) is 0 Å². The molecule has 0 aliphatic heterocycles. The zero-order valence-corrected chi connectivity index (χ0v) is 18.1. The molecular formula is C22H13ClN6O5. The van der Waals surface area contributed by atoms with Crippen LogP contribution in [0.1, 0.15) is 0 Å². The fourth-order valence-corrected chi connectivity index (χ4v) is 3.88. The van der Waals surface area contributed by atoms with E-state index in [1.54, 1.807) is 34.9 Å². The lowest BCUT2D eigenvalue weighted by molar-refractivity contribution is -0.394. The summed E-state index contributed by atoms with van der Waals surface area (Å²) >= 11 is 6.35. The molecule has 2 aromatic heterocycles. The maximum atomic E-state index is 11.5. The number of ether oxygens (including phenoxy) is 1. The van der Waals surface area contributed by atoms with Crippen molar-refractivity contribution >= 4 is 45.3 Å². The molecule has 12 heteroatoms. The number of non-ortho nitro benzene ring substituents is 2. The van der Waals surface area contributed by atoms with Gasteiger partial charge in [-0.2, -0.15) is 0 Å². The van der Waals surface area contributed by atoms with Crippen LogP contribution in [-0.4, -0.2) is 36.5 Å². The van der Waals surface area contributed by atoms with E-state index in [0.29, 0.717) is 33.1 Å². The number of hydrogen-bond acceptors (Lipinski definition) is 8. The molecule has 168 valence electrons. The topological polar surface area (TPSA) is 139 Å². The van der Waals surface area contributed by atoms with Crippen LogP contribution in [-0.2, 0) is 0 Å². The molecule has 0 spiro atoms. The summed E-state index contributed by atoms with van der Waals surface area (Å²) < 4.78 is 6.83. The molecule has 0 fully saturated rings. The third-order valence-electron chi connectivity index (χ3n) is 5.15. The number of rotatable bonds is 5. The summed E-state index contributed by atoms with van der Waals surface area (Å²) in [6.07, 6.45) is 0. The number of methoxy groups -OCH3 is 1. The van der Waals surface area contributed by atoms with Crippen LogP contribution in [0.5, 0.6) is 5.75 Å². The number of hydrogen-bond donors (Lipinski definition) is 0. The van der Waals surface area contributed by atoms with E-state index in [1.165, 1.54) is 19.2 Å². The Bertz CT molecular complexity index is 1600. The van der Waals surface area contributed by atoms with Crippen LogP contribution in [0.3, 0.4) is 0 Å². The Labute approximate surface area is 195 Å². The van der Waals surface area contributed by atoms with Crippen molar-refractivity contribution in [3.05, 3.63) is 85.9 Å². The Morgan fingerprint density at radius 1 is 0.882 bits per heavy atom. The number of nitro groups is 2. The summed E-state index contributed by atoms with van der Waals surface area (Å²) in [5.74, 6) is 0.622. The van der Waals surface area contributed by atoms with E-state index in [2.05, 4.69) is 15.0 Å². The average molecular weight is 477 g/mol. The summed E-state index contributed by atoms with van der Waals surface area (Å²) in [6.45, 7) is 0. The van der Waals surface area contributed by atoms with E-state index in [-0.39, 0.29) is 17.0 Å². The minimum atomic E-state index is -0.696. The number of nitro benzene ring substituents is 2. The Morgan fingerprint density at radius 2 is 1.53 bits per heavy atom. The number of halogens is 1. The molecule has 0 radical (unpaired) electrons. The molecule has 11 nitrogen and oxygen atoms in total. The lowest BCUT2D eigenvalue weighted by Crippen LogP contribution is -2.01. The third kappa shape index (κ3) is 3.53. The van der Waals surface area contributed by atoms with Crippen molar-refractivity contribution in [1.82, 2.24) is 19.5 Å². The Kier molecular flexibility index (Phi) is 5.02. The molecule has 0 aliphatic carbocycles. The fourth-order valence-electron chi connectivity index (χ4n) is 3.62. The molecule has 5 aromatic rings. The zero-order chi connectivity index (χ0) is 24.0. The number of imidazole rings is 1. The van der Waals surface area contributed by atoms with Crippen LogP contribution in [0.25, 0.3) is 39.4 Å². The molecule has 0 N–H and O–H groups in total. The van der Waals surface area contributed by atoms with Gasteiger partial charge < -0.3 is 4.74 Å². The van der Waals surface area contributed by atoms with Gasteiger partial charge in [-0.1, -0.05) is 23.7 Å². The van der Waals surface area contributed by atoms with Crippen LogP contribution < -0.4 is 4.74 Å². The lowest BCUT2D eigenvalue weighted by atomic mass is 10.1. The molecule has 0 unspecified atom stereocenters. The van der Waals surface area contributed by atoms with Crippen molar-refractivity contribution in [3.8, 4) is 22.8 Å². The molecule has 0 saturated carbocycles. The van der Waals surface area contributed by atoms with Gasteiger partial charge in [0, 0.05) is 17.7 Å². The van der Waals surface area contributed by atoms with E-state index in [0.717, 1.165) is 6.07 Å². The quantitative estimate of drug-likeness (QED) is 0.251. The van der Waals surface area contributed by atoms with Crippen molar-refractivity contribution < 1.29 is 14.6 Å². The van der Waals surface area contributed by atoms with Gasteiger partial charge in [0.1, 0.15) is 11.6 Å². The maximum Gasteiger partial charge on any atom is 0.277 e. The monoisotopic (exact) mass is 476 g/mol. The first-order valence-corrected chi connectivity index (χ1v) is 10.2. The van der Waals surface area contributed by atoms with Crippen molar-refractivity contribution in [2.24, 2.45) is 0 Å². The highest BCUT2D eigenvalue weighted by molar-refractivity contribution is 6.32. The van der Waals surface area contributed by atoms with Crippen LogP contribution in [0.4, 0.5) is 11.4 Å². The average Bonchev–Trinajstić information content (AvgIpc) is 3.20. The molecule has 0 aliphatic rings. The summed E-state index contributed by atoms with van der Waals surface area (Å²) in [6, 6.07) is 15.5. The van der Waals surface area contributed by atoms with Gasteiger partial charge in [0.25, 0.3) is 11.4 Å². The first-order valence-electron chi connectivity index (χ1n) is 9.79. The standard InChI is InChI=1S/C22H13ClN6O5/c1-34-19-7-6-13(11-16(19)23)27-21(12-8-14(28(30)31)10-15(9-12)29(32)33)26-20-22(27)25-18-5-3-2-4-17(18)24-20/h2-11H,1H3. The summed E-state index contributed by atoms with van der Waals surface area (Å²) in [5, 5.41) is 23.2. The van der Waals surface area contributed by atoms with E-state index >= 15 is 0 Å². The summed E-state index contributed by atoms with van der Waals surface area (Å²) in [7, 11) is 1.48. The second-order valence-corrected chi connectivity index (χ2v) is 7.61. The third-order valence-corrected chi connectivity index (χ3v) is 5.44. The Balaban J connectivity index is 1.87. The normalized spacial score (nSPS) is 11.1. The summed E-state index contributed by atoms with van der Waals surface area (Å²) in [5.41, 5.74) is 1.59. The van der Waals surface area contributed by atoms with E-state index in [1.807, 2.05) is 12.1 Å². The van der Waals surface area contributed by atoms with Gasteiger partial charge in [-0.15, -0.1) is 0 Å². The summed E-state index contributed by atoms with van der Waals surface area (Å²) in [4.78, 5) is 35.3. The van der Waals surface area contributed by atoms with E-state index in [9.17, 15) is 20.2 Å². The van der Waals surface area contributed by atoms with Gasteiger partial charge in [-0.05, 0) is 30.3 Å². The van der Waals surface area contributed by atoms with Crippen LogP contribution in [0, 0.1) is 20.2 Å². The molecule has 5 rings (SSSR count). The van der Waals surface area contributed by atoms with Crippen molar-refractivity contribution in [3.63, 3.8) is 0 Å². The molecule has 0 bridgehead atoms. The minimum Gasteiger partial charge on any atom is -0.495 e. The first kappa shape index (κ1) is 21.2. The Hall–Kier alpha value is -4.64. The maximum absolute atomic E-state index is 11.5. The predicted octanol–water partition coefficient (Wildman–Crippen LogP) is 5.11. The highest BCUT2D eigenvalue weighted by Crippen LogP contribution is 2.35. The van der Waals surface area contributed by atoms with Gasteiger partial charge in [0.2, 0.25) is 0 Å². The molecule has 3 aromatic carbocycles. The van der Waals surface area contributed by atoms with Crippen LogP contribution in [0.2, 0.25) is 5.02 Å². The number of benzene rings is 3. The number of para-hydroxylation sites is 2. The molecular weight excluding hydrogens is 464 g/mol. The Morgan fingerprint density at radius 3 is 2.12 bits per heavy atom. The predicted molar refractivity (Wildman–Crippen MR) is 124 cm³/mol. The largest absolute Gasteiger partial charge is 0.495 e. The van der Waals surface area contributed by atoms with Gasteiger partial charge >= 0.3 is 0 Å². The number of fused-ring (bicyclic) bond motifs is 2.